The third kappa shape index (κ3) is 3.04. The minimum atomic E-state index is 0.163. The van der Waals surface area contributed by atoms with Gasteiger partial charge < -0.3 is 0 Å². The van der Waals surface area contributed by atoms with Gasteiger partial charge in [-0.05, 0) is 25.0 Å². The summed E-state index contributed by atoms with van der Waals surface area (Å²) in [6, 6.07) is 10.5. The molecule has 0 aromatic heterocycles. The van der Waals surface area contributed by atoms with Gasteiger partial charge in [-0.1, -0.05) is 35.9 Å². The van der Waals surface area contributed by atoms with E-state index in [1.165, 1.54) is 11.1 Å². The number of carbonyl (C=O) groups excluding carboxylic acids is 1. The van der Waals surface area contributed by atoms with Crippen LogP contribution in [0, 0.1) is 0 Å². The average molecular weight is 215 g/mol. The highest BCUT2D eigenvalue weighted by molar-refractivity contribution is 5.88. The summed E-state index contributed by atoms with van der Waals surface area (Å²) in [5.41, 5.74) is 2.61. The molecule has 0 amide bonds. The van der Waals surface area contributed by atoms with Crippen LogP contribution in [0.25, 0.3) is 0 Å². The molecule has 0 radical (unpaired) electrons. The van der Waals surface area contributed by atoms with Crippen LogP contribution >= 0.6 is 0 Å². The maximum Gasteiger partial charge on any atom is 0.152 e. The van der Waals surface area contributed by atoms with Gasteiger partial charge in [0.05, 0.1) is 0 Å². The Balaban J connectivity index is 1.93. The monoisotopic (exact) mass is 215 g/mol. The Morgan fingerprint density at radius 2 is 2.12 bits per heavy atom. The Bertz CT molecular complexity index is 394. The number of likely N-dealkylation sites (tertiary alicyclic amines) is 1. The van der Waals surface area contributed by atoms with Crippen molar-refractivity contribution in [3.05, 3.63) is 47.5 Å². The molecule has 2 rings (SSSR count). The Labute approximate surface area is 96.6 Å². The molecular weight excluding hydrogens is 198 g/mol. The molecular formula is C14H17NO. The molecule has 1 aliphatic heterocycles. The van der Waals surface area contributed by atoms with Crippen molar-refractivity contribution in [2.45, 2.75) is 19.9 Å². The summed E-state index contributed by atoms with van der Waals surface area (Å²) in [4.78, 5) is 13.3. The van der Waals surface area contributed by atoms with Crippen LogP contribution in [0.3, 0.4) is 0 Å². The topological polar surface area (TPSA) is 20.3 Å². The highest BCUT2D eigenvalue weighted by Crippen LogP contribution is 2.17. The summed E-state index contributed by atoms with van der Waals surface area (Å²) in [7, 11) is 0. The number of rotatable bonds is 3. The lowest BCUT2D eigenvalue weighted by atomic mass is 10.2. The van der Waals surface area contributed by atoms with Crippen LogP contribution < -0.4 is 0 Å². The predicted molar refractivity (Wildman–Crippen MR) is 65.1 cm³/mol. The van der Waals surface area contributed by atoms with Crippen LogP contribution in [0.2, 0.25) is 0 Å². The van der Waals surface area contributed by atoms with Crippen LogP contribution in [0.1, 0.15) is 18.9 Å². The predicted octanol–water partition coefficient (Wildman–Crippen LogP) is 2.41. The SMILES string of the molecule is CC(=O)/C=C1/CCN(Cc2ccccc2)C1. The minimum Gasteiger partial charge on any atom is -0.295 e. The molecule has 1 fully saturated rings. The van der Waals surface area contributed by atoms with Crippen LogP contribution in [0.4, 0.5) is 0 Å². The maximum atomic E-state index is 11.0. The first-order valence-electron chi connectivity index (χ1n) is 5.70. The van der Waals surface area contributed by atoms with Gasteiger partial charge in [-0.2, -0.15) is 0 Å². The first kappa shape index (κ1) is 11.1. The van der Waals surface area contributed by atoms with Gasteiger partial charge in [-0.15, -0.1) is 0 Å². The molecule has 84 valence electrons. The summed E-state index contributed by atoms with van der Waals surface area (Å²) in [5.74, 6) is 0.163. The smallest absolute Gasteiger partial charge is 0.152 e. The van der Waals surface area contributed by atoms with Crippen molar-refractivity contribution in [2.75, 3.05) is 13.1 Å². The summed E-state index contributed by atoms with van der Waals surface area (Å²) in [6.45, 7) is 4.60. The zero-order valence-corrected chi connectivity index (χ0v) is 9.65. The van der Waals surface area contributed by atoms with E-state index in [4.69, 9.17) is 0 Å². The van der Waals surface area contributed by atoms with E-state index in [2.05, 4.69) is 29.2 Å². The molecule has 1 aromatic carbocycles. The normalized spacial score (nSPS) is 19.2. The third-order valence-corrected chi connectivity index (χ3v) is 2.83. The molecule has 0 unspecified atom stereocenters. The second-order valence-electron chi connectivity index (χ2n) is 4.36. The van der Waals surface area contributed by atoms with Crippen LogP contribution in [0.5, 0.6) is 0 Å². The van der Waals surface area contributed by atoms with Gasteiger partial charge in [0, 0.05) is 19.6 Å². The van der Waals surface area contributed by atoms with Crippen molar-refractivity contribution in [1.82, 2.24) is 4.90 Å². The molecule has 0 saturated carbocycles. The van der Waals surface area contributed by atoms with E-state index in [1.54, 1.807) is 13.0 Å². The number of ketones is 1. The zero-order chi connectivity index (χ0) is 11.4. The fourth-order valence-corrected chi connectivity index (χ4v) is 2.13. The van der Waals surface area contributed by atoms with E-state index in [9.17, 15) is 4.79 Å². The Kier molecular flexibility index (Phi) is 3.52. The van der Waals surface area contributed by atoms with Crippen LogP contribution in [0.15, 0.2) is 42.0 Å². The summed E-state index contributed by atoms with van der Waals surface area (Å²) < 4.78 is 0. The summed E-state index contributed by atoms with van der Waals surface area (Å²) in [6.07, 6.45) is 2.82. The van der Waals surface area contributed by atoms with Crippen molar-refractivity contribution >= 4 is 5.78 Å². The largest absolute Gasteiger partial charge is 0.295 e. The van der Waals surface area contributed by atoms with Crippen molar-refractivity contribution in [1.29, 1.82) is 0 Å². The number of carbonyl (C=O) groups is 1. The fourth-order valence-electron chi connectivity index (χ4n) is 2.13. The van der Waals surface area contributed by atoms with Gasteiger partial charge in [-0.25, -0.2) is 0 Å². The van der Waals surface area contributed by atoms with E-state index >= 15 is 0 Å². The minimum absolute atomic E-state index is 0.163. The highest BCUT2D eigenvalue weighted by Gasteiger charge is 2.16. The van der Waals surface area contributed by atoms with Gasteiger partial charge in [-0.3, -0.25) is 9.69 Å². The Morgan fingerprint density at radius 1 is 1.38 bits per heavy atom. The quantitative estimate of drug-likeness (QED) is 0.722. The van der Waals surface area contributed by atoms with Gasteiger partial charge in [0.15, 0.2) is 5.78 Å². The van der Waals surface area contributed by atoms with E-state index < -0.39 is 0 Å². The Hall–Kier alpha value is -1.41. The van der Waals surface area contributed by atoms with Crippen molar-refractivity contribution in [3.63, 3.8) is 0 Å². The van der Waals surface area contributed by atoms with E-state index in [1.807, 2.05) is 6.07 Å². The molecule has 16 heavy (non-hydrogen) atoms. The maximum absolute atomic E-state index is 11.0. The van der Waals surface area contributed by atoms with E-state index in [0.717, 1.165) is 26.1 Å². The lowest BCUT2D eigenvalue weighted by Gasteiger charge is -2.13. The molecule has 0 atom stereocenters. The number of hydrogen-bond acceptors (Lipinski definition) is 2. The van der Waals surface area contributed by atoms with Gasteiger partial charge in [0.2, 0.25) is 0 Å². The first-order valence-corrected chi connectivity index (χ1v) is 5.70. The molecule has 1 heterocycles. The standard InChI is InChI=1S/C14H17NO/c1-12(16)9-14-7-8-15(11-14)10-13-5-3-2-4-6-13/h2-6,9H,7-8,10-11H2,1H3/b14-9-. The molecule has 0 aliphatic carbocycles. The van der Waals surface area contributed by atoms with E-state index in [-0.39, 0.29) is 5.78 Å². The molecule has 2 nitrogen and oxygen atoms in total. The van der Waals surface area contributed by atoms with E-state index in [0.29, 0.717) is 0 Å². The summed E-state index contributed by atoms with van der Waals surface area (Å²) >= 11 is 0. The molecule has 0 bridgehead atoms. The van der Waals surface area contributed by atoms with Crippen LogP contribution in [-0.4, -0.2) is 23.8 Å². The zero-order valence-electron chi connectivity index (χ0n) is 9.65. The van der Waals surface area contributed by atoms with Crippen molar-refractivity contribution in [2.24, 2.45) is 0 Å². The Morgan fingerprint density at radius 3 is 2.81 bits per heavy atom. The lowest BCUT2D eigenvalue weighted by molar-refractivity contribution is -0.112. The van der Waals surface area contributed by atoms with Gasteiger partial charge in [0.1, 0.15) is 0 Å². The fraction of sp³-hybridized carbons (Fsp3) is 0.357. The van der Waals surface area contributed by atoms with Gasteiger partial charge >= 0.3 is 0 Å². The highest BCUT2D eigenvalue weighted by atomic mass is 16.1. The molecule has 1 saturated heterocycles. The lowest BCUT2D eigenvalue weighted by Crippen LogP contribution is -2.18. The molecule has 1 aliphatic rings. The second-order valence-corrected chi connectivity index (χ2v) is 4.36. The van der Waals surface area contributed by atoms with Crippen molar-refractivity contribution in [3.8, 4) is 0 Å². The number of hydrogen-bond donors (Lipinski definition) is 0. The van der Waals surface area contributed by atoms with Gasteiger partial charge in [0.25, 0.3) is 0 Å². The first-order chi connectivity index (χ1) is 7.74. The number of benzene rings is 1. The molecule has 0 spiro atoms. The molecule has 0 N–H and O–H groups in total. The van der Waals surface area contributed by atoms with Crippen LogP contribution in [-0.2, 0) is 11.3 Å². The average Bonchev–Trinajstić information content (AvgIpc) is 2.66. The molecule has 2 heteroatoms. The summed E-state index contributed by atoms with van der Waals surface area (Å²) in [5, 5.41) is 0. The number of nitrogens with zero attached hydrogens (tertiary/aromatic N) is 1. The molecule has 1 aromatic rings. The number of allylic oxidation sites excluding steroid dienone is 1. The second kappa shape index (κ2) is 5.08. The van der Waals surface area contributed by atoms with Crippen molar-refractivity contribution < 1.29 is 4.79 Å². The third-order valence-electron chi connectivity index (χ3n) is 2.83.